The Morgan fingerprint density at radius 2 is 1.92 bits per heavy atom. The number of nitrogens with zero attached hydrogens (tertiary/aromatic N) is 5. The Balaban J connectivity index is 1.11. The Hall–Kier alpha value is -3.21. The van der Waals surface area contributed by atoms with E-state index in [9.17, 15) is 4.79 Å². The van der Waals surface area contributed by atoms with Gasteiger partial charge in [-0.25, -0.2) is 9.50 Å². The van der Waals surface area contributed by atoms with Crippen LogP contribution in [0.4, 0.5) is 5.69 Å². The van der Waals surface area contributed by atoms with Gasteiger partial charge in [0, 0.05) is 42.2 Å². The number of hydrogen-bond donors (Lipinski definition) is 3. The van der Waals surface area contributed by atoms with Gasteiger partial charge < -0.3 is 15.4 Å². The average molecular weight is 509 g/mol. The smallest absolute Gasteiger partial charge is 0.234 e. The van der Waals surface area contributed by atoms with Crippen molar-refractivity contribution in [2.75, 3.05) is 38.2 Å². The molecule has 188 valence electrons. The van der Waals surface area contributed by atoms with Crippen molar-refractivity contribution in [3.05, 3.63) is 41.8 Å². The van der Waals surface area contributed by atoms with Crippen LogP contribution in [0, 0.1) is 0 Å². The molecule has 1 saturated heterocycles. The minimum atomic E-state index is 0.106. The second-order valence-corrected chi connectivity index (χ2v) is 9.97. The van der Waals surface area contributed by atoms with Crippen LogP contribution in [0.5, 0.6) is 0 Å². The van der Waals surface area contributed by atoms with Gasteiger partial charge in [-0.1, -0.05) is 17.7 Å². The highest BCUT2D eigenvalue weighted by Gasteiger charge is 2.24. The summed E-state index contributed by atoms with van der Waals surface area (Å²) in [7, 11) is 0. The minimum Gasteiger partial charge on any atom is -0.379 e. The van der Waals surface area contributed by atoms with Gasteiger partial charge in [-0.15, -0.1) is 0 Å². The number of amides is 1. The van der Waals surface area contributed by atoms with Gasteiger partial charge >= 0.3 is 0 Å². The van der Waals surface area contributed by atoms with Gasteiger partial charge in [0.25, 0.3) is 0 Å². The largest absolute Gasteiger partial charge is 0.379 e. The van der Waals surface area contributed by atoms with E-state index in [1.54, 1.807) is 10.7 Å². The lowest BCUT2D eigenvalue weighted by atomic mass is 9.91. The molecular formula is C25H29ClN8O2. The first-order valence-electron chi connectivity index (χ1n) is 12.5. The summed E-state index contributed by atoms with van der Waals surface area (Å²) in [6, 6.07) is 8.42. The van der Waals surface area contributed by atoms with E-state index in [0.717, 1.165) is 72.3 Å². The molecule has 4 aromatic rings. The third-order valence-electron chi connectivity index (χ3n) is 7.10. The van der Waals surface area contributed by atoms with Crippen LogP contribution < -0.4 is 10.6 Å². The fourth-order valence-electron chi connectivity index (χ4n) is 5.18. The highest BCUT2D eigenvalue weighted by molar-refractivity contribution is 6.29. The number of hydrogen-bond acceptors (Lipinski definition) is 7. The number of aromatic nitrogens is 5. The third-order valence-corrected chi connectivity index (χ3v) is 7.28. The molecular weight excluding hydrogens is 480 g/mol. The Bertz CT molecular complexity index is 1370. The number of halogens is 1. The van der Waals surface area contributed by atoms with E-state index in [2.05, 4.69) is 41.9 Å². The number of carbonyl (C=O) groups excluding carboxylic acids is 1. The monoisotopic (exact) mass is 508 g/mol. The topological polar surface area (TPSA) is 112 Å². The highest BCUT2D eigenvalue weighted by Crippen LogP contribution is 2.30. The molecule has 0 bridgehead atoms. The molecule has 36 heavy (non-hydrogen) atoms. The van der Waals surface area contributed by atoms with Gasteiger partial charge in [0.15, 0.2) is 10.8 Å². The van der Waals surface area contributed by atoms with Crippen LogP contribution in [0.15, 0.2) is 36.7 Å². The molecule has 0 radical (unpaired) electrons. The fraction of sp³-hybridized carbons (Fsp3) is 0.440. The summed E-state index contributed by atoms with van der Waals surface area (Å²) in [6.07, 6.45) is 7.42. The number of rotatable bonds is 6. The number of benzene rings is 1. The van der Waals surface area contributed by atoms with Crippen LogP contribution in [0.2, 0.25) is 5.15 Å². The SMILES string of the molecule is O=C(CN1CCOCC1)NC1CCC(Nc2cc(Cl)nn3c(-c4ccc5[nH]ncc5c4)cnc23)CC1. The maximum absolute atomic E-state index is 12.5. The van der Waals surface area contributed by atoms with Crippen molar-refractivity contribution in [2.24, 2.45) is 0 Å². The van der Waals surface area contributed by atoms with E-state index in [1.807, 2.05) is 24.4 Å². The summed E-state index contributed by atoms with van der Waals surface area (Å²) in [5.74, 6) is 0.106. The lowest BCUT2D eigenvalue weighted by Crippen LogP contribution is -2.47. The summed E-state index contributed by atoms with van der Waals surface area (Å²) in [5, 5.41) is 19.9. The molecule has 2 fully saturated rings. The number of nitrogens with one attached hydrogen (secondary N) is 3. The predicted molar refractivity (Wildman–Crippen MR) is 138 cm³/mol. The number of aromatic amines is 1. The Labute approximate surface area is 213 Å². The molecule has 3 N–H and O–H groups in total. The van der Waals surface area contributed by atoms with Crippen LogP contribution in [0.25, 0.3) is 27.8 Å². The second kappa shape index (κ2) is 10.0. The second-order valence-electron chi connectivity index (χ2n) is 9.58. The number of morpholine rings is 1. The van der Waals surface area contributed by atoms with Crippen molar-refractivity contribution in [1.82, 2.24) is 35.0 Å². The Kier molecular flexibility index (Phi) is 6.47. The summed E-state index contributed by atoms with van der Waals surface area (Å²) in [4.78, 5) is 19.3. The van der Waals surface area contributed by atoms with Gasteiger partial charge in [0.2, 0.25) is 5.91 Å². The van der Waals surface area contributed by atoms with Crippen molar-refractivity contribution >= 4 is 39.7 Å². The van der Waals surface area contributed by atoms with E-state index in [0.29, 0.717) is 24.9 Å². The van der Waals surface area contributed by atoms with Crippen molar-refractivity contribution in [3.63, 3.8) is 0 Å². The molecule has 1 saturated carbocycles. The zero-order chi connectivity index (χ0) is 24.5. The van der Waals surface area contributed by atoms with Crippen molar-refractivity contribution < 1.29 is 9.53 Å². The standard InChI is InChI=1S/C25H29ClN8O2/c26-23-12-21(25-27-14-22(34(25)32-23)16-1-6-20-17(11-16)13-28-31-20)29-18-2-4-19(5-3-18)30-24(35)15-33-7-9-36-10-8-33/h1,6,11-14,18-19,29H,2-5,7-10,15H2,(H,28,31)(H,30,35). The molecule has 0 unspecified atom stereocenters. The normalized spacial score (nSPS) is 21.1. The summed E-state index contributed by atoms with van der Waals surface area (Å²) < 4.78 is 7.16. The lowest BCUT2D eigenvalue weighted by Gasteiger charge is -2.31. The molecule has 6 rings (SSSR count). The molecule has 0 spiro atoms. The molecule has 4 heterocycles. The molecule has 1 aliphatic heterocycles. The van der Waals surface area contributed by atoms with Gasteiger partial charge in [-0.05, 0) is 37.8 Å². The molecule has 2 aliphatic rings. The first kappa shape index (κ1) is 23.2. The Morgan fingerprint density at radius 1 is 1.11 bits per heavy atom. The van der Waals surface area contributed by atoms with Gasteiger partial charge in [-0.3, -0.25) is 14.8 Å². The number of fused-ring (bicyclic) bond motifs is 2. The number of carbonyl (C=O) groups is 1. The minimum absolute atomic E-state index is 0.106. The number of H-pyrrole nitrogens is 1. The van der Waals surface area contributed by atoms with Gasteiger partial charge in [0.05, 0.1) is 49.1 Å². The van der Waals surface area contributed by atoms with Crippen LogP contribution in [-0.2, 0) is 9.53 Å². The van der Waals surface area contributed by atoms with E-state index < -0.39 is 0 Å². The van der Waals surface area contributed by atoms with Crippen LogP contribution in [0.3, 0.4) is 0 Å². The molecule has 0 atom stereocenters. The third kappa shape index (κ3) is 4.88. The summed E-state index contributed by atoms with van der Waals surface area (Å²) in [5.41, 5.74) is 4.44. The molecule has 11 heteroatoms. The van der Waals surface area contributed by atoms with Gasteiger partial charge in [0.1, 0.15) is 0 Å². The predicted octanol–water partition coefficient (Wildman–Crippen LogP) is 3.10. The first-order valence-corrected chi connectivity index (χ1v) is 12.8. The number of anilines is 1. The molecule has 1 aliphatic carbocycles. The molecule has 1 amide bonds. The van der Waals surface area contributed by atoms with E-state index >= 15 is 0 Å². The quantitative estimate of drug-likeness (QED) is 0.367. The van der Waals surface area contributed by atoms with E-state index in [-0.39, 0.29) is 18.0 Å². The zero-order valence-electron chi connectivity index (χ0n) is 19.9. The maximum atomic E-state index is 12.5. The summed E-state index contributed by atoms with van der Waals surface area (Å²) >= 11 is 6.42. The average Bonchev–Trinajstić information content (AvgIpc) is 3.52. The van der Waals surface area contributed by atoms with Crippen LogP contribution >= 0.6 is 11.6 Å². The van der Waals surface area contributed by atoms with Crippen molar-refractivity contribution in [1.29, 1.82) is 0 Å². The molecule has 1 aromatic carbocycles. The lowest BCUT2D eigenvalue weighted by molar-refractivity contribution is -0.124. The first-order chi connectivity index (χ1) is 17.6. The van der Waals surface area contributed by atoms with Crippen LogP contribution in [0.1, 0.15) is 25.7 Å². The zero-order valence-corrected chi connectivity index (χ0v) is 20.7. The Morgan fingerprint density at radius 3 is 2.75 bits per heavy atom. The van der Waals surface area contributed by atoms with Gasteiger partial charge in [-0.2, -0.15) is 10.2 Å². The van der Waals surface area contributed by atoms with E-state index in [1.165, 1.54) is 0 Å². The van der Waals surface area contributed by atoms with Crippen LogP contribution in [-0.4, -0.2) is 80.5 Å². The van der Waals surface area contributed by atoms with E-state index in [4.69, 9.17) is 16.3 Å². The summed E-state index contributed by atoms with van der Waals surface area (Å²) in [6.45, 7) is 3.49. The number of imidazole rings is 1. The van der Waals surface area contributed by atoms with Crippen molar-refractivity contribution in [3.8, 4) is 11.3 Å². The molecule has 10 nitrogen and oxygen atoms in total. The fourth-order valence-corrected chi connectivity index (χ4v) is 5.37. The molecule has 3 aromatic heterocycles. The highest BCUT2D eigenvalue weighted by atomic mass is 35.5. The maximum Gasteiger partial charge on any atom is 0.234 e. The van der Waals surface area contributed by atoms with Crippen molar-refractivity contribution in [2.45, 2.75) is 37.8 Å². The number of ether oxygens (including phenoxy) is 1.